The maximum atomic E-state index is 13.9. The molecule has 0 bridgehead atoms. The van der Waals surface area contributed by atoms with E-state index in [1.54, 1.807) is 62.0 Å². The molecular weight excluding hydrogens is 1270 g/mol. The largest absolute Gasteiger partial charge is 0.496 e. The summed E-state index contributed by atoms with van der Waals surface area (Å²) in [4.78, 5) is 108. The molecule has 4 heterocycles. The number of thiazole rings is 2. The van der Waals surface area contributed by atoms with Crippen LogP contribution in [0.4, 0.5) is 0 Å². The number of aromatic nitrogens is 4. The van der Waals surface area contributed by atoms with E-state index in [0.29, 0.717) is 74.1 Å². The van der Waals surface area contributed by atoms with E-state index in [4.69, 9.17) is 28.9 Å². The van der Waals surface area contributed by atoms with Crippen LogP contribution < -0.4 is 19.6 Å². The summed E-state index contributed by atoms with van der Waals surface area (Å²) in [5.74, 6) is -0.651. The van der Waals surface area contributed by atoms with Gasteiger partial charge >= 0.3 is 11.9 Å². The first-order valence-electron chi connectivity index (χ1n) is 34.9. The second kappa shape index (κ2) is 32.9. The first kappa shape index (κ1) is 73.8. The Hall–Kier alpha value is -7.48. The molecule has 2 aromatic carbocycles. The first-order valence-corrected chi connectivity index (χ1v) is 36.6. The lowest BCUT2D eigenvalue weighted by Crippen LogP contribution is -2.31. The van der Waals surface area contributed by atoms with Crippen molar-refractivity contribution in [3.8, 4) is 38.7 Å². The number of nitrogens with zero attached hydrogens (tertiary/aromatic N) is 3. The van der Waals surface area contributed by atoms with Crippen LogP contribution in [0, 0.1) is 60.2 Å². The number of H-pyrrole nitrogens is 1. The first-order chi connectivity index (χ1) is 46.5. The number of aryl methyl sites for hydroxylation is 2. The number of aliphatic hydroxyl groups is 1. The minimum atomic E-state index is -1.06. The van der Waals surface area contributed by atoms with Crippen LogP contribution in [0.15, 0.2) is 89.4 Å². The molecule has 0 spiro atoms. The van der Waals surface area contributed by atoms with Gasteiger partial charge in [0, 0.05) is 94.1 Å². The Kier molecular flexibility index (Phi) is 25.0. The third-order valence-electron chi connectivity index (χ3n) is 20.6. The number of esters is 1. The third-order valence-corrected chi connectivity index (χ3v) is 22.4. The van der Waals surface area contributed by atoms with Crippen LogP contribution in [-0.2, 0) is 33.5 Å². The average Bonchev–Trinajstić information content (AvgIpc) is 1.62. The summed E-state index contributed by atoms with van der Waals surface area (Å²) in [7, 11) is 3.27. The zero-order valence-corrected chi connectivity index (χ0v) is 59.6. The number of ketones is 4. The molecule has 5 aliphatic carbocycles. The summed E-state index contributed by atoms with van der Waals surface area (Å²) in [6.07, 6.45) is 19.8. The molecule has 3 N–H and O–H groups in total. The second-order valence-electron chi connectivity index (χ2n) is 27.9. The van der Waals surface area contributed by atoms with Gasteiger partial charge in [0.15, 0.2) is 5.43 Å². The Balaban J connectivity index is 0.000000185. The number of carbonyl (C=O) groups excluding carboxylic acids is 5. The van der Waals surface area contributed by atoms with E-state index in [1.807, 2.05) is 55.6 Å². The van der Waals surface area contributed by atoms with E-state index in [2.05, 4.69) is 62.3 Å². The highest BCUT2D eigenvalue weighted by molar-refractivity contribution is 7.13. The van der Waals surface area contributed by atoms with Gasteiger partial charge in [0.05, 0.1) is 65.9 Å². The number of aromatic amines is 1. The second-order valence-corrected chi connectivity index (χ2v) is 29.6. The van der Waals surface area contributed by atoms with Crippen molar-refractivity contribution in [3.63, 3.8) is 0 Å². The number of ether oxygens (including phenoxy) is 4. The Morgan fingerprint density at radius 2 is 1.39 bits per heavy atom. The van der Waals surface area contributed by atoms with Crippen molar-refractivity contribution in [1.29, 1.82) is 0 Å². The minimum Gasteiger partial charge on any atom is -0.496 e. The van der Waals surface area contributed by atoms with Gasteiger partial charge < -0.3 is 34.1 Å². The van der Waals surface area contributed by atoms with Gasteiger partial charge in [-0.1, -0.05) is 77.7 Å². The molecule has 10 atom stereocenters. The van der Waals surface area contributed by atoms with E-state index >= 15 is 0 Å². The predicted octanol–water partition coefficient (Wildman–Crippen LogP) is 16.4. The Morgan fingerprint density at radius 3 is 2.03 bits per heavy atom. The quantitative estimate of drug-likeness (QED) is 0.0306. The number of pyridine rings is 2. The number of unbranched alkanes of at least 4 members (excludes halogenated alkanes) is 4. The highest BCUT2D eigenvalue weighted by Crippen LogP contribution is 2.59. The molecule has 0 aliphatic heterocycles. The van der Waals surface area contributed by atoms with Crippen LogP contribution in [0.5, 0.6) is 17.2 Å². The summed E-state index contributed by atoms with van der Waals surface area (Å²) in [6, 6.07) is 11.0. The van der Waals surface area contributed by atoms with E-state index in [9.17, 15) is 43.8 Å². The van der Waals surface area contributed by atoms with Gasteiger partial charge in [-0.05, 0) is 146 Å². The van der Waals surface area contributed by atoms with Crippen LogP contribution in [0.25, 0.3) is 43.2 Å². The zero-order chi connectivity index (χ0) is 69.9. The topological polar surface area (TPSA) is 251 Å². The van der Waals surface area contributed by atoms with Gasteiger partial charge in [-0.25, -0.2) is 15.0 Å². The number of hydrogen-bond acceptors (Lipinski definition) is 17. The van der Waals surface area contributed by atoms with Crippen LogP contribution in [-0.4, -0.2) is 98.3 Å². The van der Waals surface area contributed by atoms with Crippen LogP contribution in [0.2, 0.25) is 0 Å². The van der Waals surface area contributed by atoms with Crippen molar-refractivity contribution >= 4 is 79.6 Å². The molecule has 0 radical (unpaired) electrons. The van der Waals surface area contributed by atoms with E-state index in [0.717, 1.165) is 130 Å². The summed E-state index contributed by atoms with van der Waals surface area (Å²) >= 11 is 3.09. The van der Waals surface area contributed by atoms with Crippen molar-refractivity contribution < 1.29 is 57.9 Å². The standard InChI is InChI=1S/C37H44N2O6S.C24H36O5.C17H18N2O2S/c1-21(2)29-20-46-35(39-29)28-17-33(25-13-14-32(44-4)22(3)34(25)38-28)45-24-15-26-27(16-24)31(41)19-37(36(42)43)18-23(37)11-9-7-5-6-8-10-12-30(26)40;1-4-7-8-9-10-11-12-21(26)19-13-18(25)14-20(19)22(27)16-24(15-17(24)5-2)23(28)29-6-3;1-9(2)13-8-22-17(19-13)12-7-14(20)11-5-6-15(21-4)10(3)16(11)18-12/h9,11,13-14,17,20-21,23-24,26-27H,5-8,10,12,15-16,18-19H2,1-4H3,(H,42,43);4-5,17-20,25H,1-2,6-16H2,3H3;5-9H,1-4H3,(H,18,20)/b11-9-;;/t23-,24+,26-,27-,37-;17-,18-,19-,20-,24-;/m11./s1. The van der Waals surface area contributed by atoms with Gasteiger partial charge in [-0.3, -0.25) is 33.6 Å². The van der Waals surface area contributed by atoms with Crippen molar-refractivity contribution in [3.05, 3.63) is 117 Å². The molecule has 6 aromatic rings. The third kappa shape index (κ3) is 17.2. The molecule has 0 amide bonds. The molecule has 4 fully saturated rings. The number of carbonyl (C=O) groups is 6. The lowest BCUT2D eigenvalue weighted by molar-refractivity contribution is -0.152. The molecule has 17 nitrogen and oxygen atoms in total. The van der Waals surface area contributed by atoms with Crippen LogP contribution in [0.3, 0.4) is 0 Å². The fourth-order valence-corrected chi connectivity index (χ4v) is 16.4. The molecule has 520 valence electrons. The summed E-state index contributed by atoms with van der Waals surface area (Å²) in [5.41, 5.74) is 5.00. The number of fused-ring (bicyclic) bond motifs is 4. The number of Topliss-reactive ketones (excluding diaryl/α,β-unsaturated/α-hetero) is 4. The van der Waals surface area contributed by atoms with Crippen LogP contribution >= 0.6 is 22.7 Å². The minimum absolute atomic E-state index is 0.00389. The molecule has 11 rings (SSSR count). The number of carboxylic acid groups (broad SMARTS) is 1. The smallest absolute Gasteiger partial charge is 0.313 e. The highest BCUT2D eigenvalue weighted by atomic mass is 32.1. The summed E-state index contributed by atoms with van der Waals surface area (Å²) in [5, 5.41) is 27.5. The lowest BCUT2D eigenvalue weighted by atomic mass is 9.82. The van der Waals surface area contributed by atoms with Crippen molar-refractivity contribution in [1.82, 2.24) is 19.9 Å². The summed E-state index contributed by atoms with van der Waals surface area (Å²) < 4.78 is 22.9. The maximum Gasteiger partial charge on any atom is 0.313 e. The number of aliphatic hydroxyl groups excluding tert-OH is 1. The fourth-order valence-electron chi connectivity index (χ4n) is 14.5. The number of carboxylic acids is 1. The summed E-state index contributed by atoms with van der Waals surface area (Å²) in [6.45, 7) is 21.8. The number of aliphatic carboxylic acids is 1. The zero-order valence-electron chi connectivity index (χ0n) is 58.0. The predicted molar refractivity (Wildman–Crippen MR) is 382 cm³/mol. The normalized spacial score (nSPS) is 24.9. The number of allylic oxidation sites excluding steroid dienone is 4. The highest BCUT2D eigenvalue weighted by Gasteiger charge is 2.62. The van der Waals surface area contributed by atoms with Crippen molar-refractivity contribution in [2.45, 2.75) is 201 Å². The van der Waals surface area contributed by atoms with Crippen LogP contribution in [0.1, 0.15) is 197 Å². The Labute approximate surface area is 578 Å². The van der Waals surface area contributed by atoms with Gasteiger partial charge in [0.2, 0.25) is 0 Å². The number of nitrogens with one attached hydrogen (secondary N) is 1. The SMILES string of the molecule is C=CCCCCCCC(=O)[C@@H]1C[C@@H](O)C[C@H]1C(=O)C[C@]1(C(=O)OCC)C[C@H]1C=C.COc1ccc2c(=O)cc(-c3nc(C(C)C)cs3)[nH]c2c1C.COc1ccc2c(O[C@H]3C[C@H]4C(=O)CCCCCC/C=C\[C@@H]5C[C@@]5(C(=O)O)CC(=O)[C@@H]4C3)cc(-c3nc(C(C)C)cs3)nc2c1C. The van der Waals surface area contributed by atoms with Gasteiger partial charge in [-0.2, -0.15) is 0 Å². The van der Waals surface area contributed by atoms with Crippen molar-refractivity contribution in [2.75, 3.05) is 20.8 Å². The number of hydrogen-bond donors (Lipinski definition) is 3. The number of benzene rings is 2. The monoisotopic (exact) mass is 1360 g/mol. The number of rotatable bonds is 23. The van der Waals surface area contributed by atoms with Gasteiger partial charge in [0.25, 0.3) is 0 Å². The number of methoxy groups -OCH3 is 2. The maximum absolute atomic E-state index is 13.9. The van der Waals surface area contributed by atoms with E-state index < -0.39 is 46.6 Å². The van der Waals surface area contributed by atoms with E-state index in [1.165, 1.54) is 0 Å². The average molecular weight is 1360 g/mol. The Bertz CT molecular complexity index is 3960. The molecular formula is C78H98N4O13S2. The molecule has 4 aromatic heterocycles. The molecule has 5 aliphatic rings. The lowest BCUT2D eigenvalue weighted by Gasteiger charge is -2.20. The molecule has 0 saturated heterocycles. The molecule has 19 heteroatoms. The van der Waals surface area contributed by atoms with Gasteiger partial charge in [-0.15, -0.1) is 35.8 Å². The van der Waals surface area contributed by atoms with E-state index in [-0.39, 0.29) is 77.8 Å². The Morgan fingerprint density at radius 1 is 0.753 bits per heavy atom. The molecule has 0 unspecified atom stereocenters. The van der Waals surface area contributed by atoms with Crippen molar-refractivity contribution in [2.24, 2.45) is 46.3 Å². The fraction of sp³-hybridized carbons (Fsp3) is 0.538. The molecule has 4 saturated carbocycles. The molecule has 97 heavy (non-hydrogen) atoms. The van der Waals surface area contributed by atoms with Gasteiger partial charge in [0.1, 0.15) is 62.2 Å².